The van der Waals surface area contributed by atoms with Crippen LogP contribution in [0.1, 0.15) is 16.1 Å². The van der Waals surface area contributed by atoms with Gasteiger partial charge in [0.1, 0.15) is 11.8 Å². The van der Waals surface area contributed by atoms with Crippen LogP contribution in [0.4, 0.5) is 0 Å². The normalized spacial score (nSPS) is 8.67. The highest BCUT2D eigenvalue weighted by molar-refractivity contribution is 6.23. The molecule has 1 aromatic heterocycles. The van der Waals surface area contributed by atoms with Crippen molar-refractivity contribution in [1.82, 2.24) is 9.82 Å². The van der Waals surface area contributed by atoms with E-state index in [0.29, 0.717) is 5.56 Å². The van der Waals surface area contributed by atoms with Crippen molar-refractivity contribution in [3.05, 3.63) is 29.6 Å². The summed E-state index contributed by atoms with van der Waals surface area (Å²) in [5, 5.41) is 8.41. The predicted molar refractivity (Wildman–Crippen MR) is 42.3 cm³/mol. The molecule has 0 unspecified atom stereocenters. The lowest BCUT2D eigenvalue weighted by molar-refractivity contribution is 0.0977. The van der Waals surface area contributed by atoms with Gasteiger partial charge in [0, 0.05) is 18.0 Å². The standard InChI is InChI=1S/C7H4ClN3O/c8-11-7(12)6-2-1-5(3-9)4-10-6/h1-2,4H,(H,11,12). The summed E-state index contributed by atoms with van der Waals surface area (Å²) in [4.78, 5) is 16.4. The van der Waals surface area contributed by atoms with Crippen molar-refractivity contribution < 1.29 is 4.79 Å². The van der Waals surface area contributed by atoms with Crippen molar-refractivity contribution >= 4 is 17.7 Å². The number of nitriles is 1. The van der Waals surface area contributed by atoms with Crippen molar-refractivity contribution in [1.29, 1.82) is 5.26 Å². The molecule has 0 spiro atoms. The van der Waals surface area contributed by atoms with E-state index in [1.165, 1.54) is 18.3 Å². The lowest BCUT2D eigenvalue weighted by Crippen LogP contribution is -2.13. The molecule has 1 rings (SSSR count). The maximum Gasteiger partial charge on any atom is 0.284 e. The van der Waals surface area contributed by atoms with Gasteiger partial charge in [-0.25, -0.2) is 4.98 Å². The van der Waals surface area contributed by atoms with Gasteiger partial charge in [-0.2, -0.15) is 5.26 Å². The zero-order chi connectivity index (χ0) is 8.97. The third-order valence-corrected chi connectivity index (χ3v) is 1.38. The first kappa shape index (κ1) is 8.50. The molecule has 4 nitrogen and oxygen atoms in total. The van der Waals surface area contributed by atoms with Crippen LogP contribution in [0.2, 0.25) is 0 Å². The molecule has 0 aromatic carbocycles. The number of aromatic nitrogens is 1. The van der Waals surface area contributed by atoms with Crippen LogP contribution in [0.3, 0.4) is 0 Å². The van der Waals surface area contributed by atoms with Gasteiger partial charge in [-0.15, -0.1) is 0 Å². The lowest BCUT2D eigenvalue weighted by Gasteiger charge is -1.94. The maximum atomic E-state index is 10.8. The summed E-state index contributed by atoms with van der Waals surface area (Å²) >= 11 is 5.06. The zero-order valence-electron chi connectivity index (χ0n) is 5.91. The number of nitrogens with zero attached hydrogens (tertiary/aromatic N) is 2. The van der Waals surface area contributed by atoms with E-state index in [1.54, 1.807) is 0 Å². The predicted octanol–water partition coefficient (Wildman–Crippen LogP) is 0.837. The molecule has 0 bridgehead atoms. The van der Waals surface area contributed by atoms with Gasteiger partial charge in [0.25, 0.3) is 5.91 Å². The number of halogens is 1. The molecule has 0 saturated heterocycles. The highest BCUT2D eigenvalue weighted by Gasteiger charge is 2.03. The van der Waals surface area contributed by atoms with Crippen LogP contribution in [0.25, 0.3) is 0 Å². The molecule has 0 aliphatic carbocycles. The Kier molecular flexibility index (Phi) is 2.62. The Balaban J connectivity index is 2.94. The molecule has 1 amide bonds. The fraction of sp³-hybridized carbons (Fsp3) is 0. The Morgan fingerprint density at radius 2 is 2.42 bits per heavy atom. The summed E-state index contributed by atoms with van der Waals surface area (Å²) in [6.45, 7) is 0. The Bertz CT molecular complexity index is 327. The highest BCUT2D eigenvalue weighted by atomic mass is 35.5. The van der Waals surface area contributed by atoms with E-state index in [2.05, 4.69) is 4.98 Å². The number of carbonyl (C=O) groups excluding carboxylic acids is 1. The minimum absolute atomic E-state index is 0.184. The highest BCUT2D eigenvalue weighted by Crippen LogP contribution is 1.98. The molecule has 0 aliphatic rings. The number of pyridine rings is 1. The van der Waals surface area contributed by atoms with Crippen molar-refractivity contribution in [3.63, 3.8) is 0 Å². The number of hydrogen-bond donors (Lipinski definition) is 1. The molecule has 1 N–H and O–H groups in total. The minimum atomic E-state index is -0.485. The summed E-state index contributed by atoms with van der Waals surface area (Å²) < 4.78 is 0. The molecule has 60 valence electrons. The number of nitrogens with one attached hydrogen (secondary N) is 1. The third kappa shape index (κ3) is 1.71. The van der Waals surface area contributed by atoms with E-state index < -0.39 is 5.91 Å². The molecular formula is C7H4ClN3O. The van der Waals surface area contributed by atoms with Gasteiger partial charge >= 0.3 is 0 Å². The monoisotopic (exact) mass is 181 g/mol. The maximum absolute atomic E-state index is 10.8. The van der Waals surface area contributed by atoms with Crippen LogP contribution in [-0.4, -0.2) is 10.9 Å². The second kappa shape index (κ2) is 3.69. The first-order valence-corrected chi connectivity index (χ1v) is 3.43. The second-order valence-corrected chi connectivity index (χ2v) is 2.16. The van der Waals surface area contributed by atoms with Crippen LogP contribution >= 0.6 is 11.8 Å². The molecule has 1 heterocycles. The lowest BCUT2D eigenvalue weighted by atomic mass is 10.2. The fourth-order valence-electron chi connectivity index (χ4n) is 0.643. The molecule has 0 saturated carbocycles. The van der Waals surface area contributed by atoms with Crippen LogP contribution in [0.5, 0.6) is 0 Å². The Labute approximate surface area is 73.9 Å². The molecule has 0 aliphatic heterocycles. The summed E-state index contributed by atoms with van der Waals surface area (Å²) in [5.41, 5.74) is 0.588. The van der Waals surface area contributed by atoms with Crippen molar-refractivity contribution in [2.75, 3.05) is 0 Å². The van der Waals surface area contributed by atoms with Gasteiger partial charge < -0.3 is 0 Å². The second-order valence-electron chi connectivity index (χ2n) is 1.97. The van der Waals surface area contributed by atoms with Crippen LogP contribution in [0.15, 0.2) is 18.3 Å². The quantitative estimate of drug-likeness (QED) is 0.653. The fourth-order valence-corrected chi connectivity index (χ4v) is 0.740. The Morgan fingerprint density at radius 1 is 1.67 bits per heavy atom. The van der Waals surface area contributed by atoms with Gasteiger partial charge in [-0.05, 0) is 12.1 Å². The molecule has 0 radical (unpaired) electrons. The average Bonchev–Trinajstić information content (AvgIpc) is 2.17. The van der Waals surface area contributed by atoms with Crippen molar-refractivity contribution in [2.24, 2.45) is 0 Å². The first-order valence-electron chi connectivity index (χ1n) is 3.05. The largest absolute Gasteiger partial charge is 0.284 e. The van der Waals surface area contributed by atoms with Gasteiger partial charge in [-0.1, -0.05) is 0 Å². The zero-order valence-corrected chi connectivity index (χ0v) is 6.67. The van der Waals surface area contributed by atoms with Crippen LogP contribution in [0, 0.1) is 11.3 Å². The summed E-state index contributed by atoms with van der Waals surface area (Å²) in [7, 11) is 0. The van der Waals surface area contributed by atoms with E-state index in [-0.39, 0.29) is 5.69 Å². The van der Waals surface area contributed by atoms with E-state index in [9.17, 15) is 4.79 Å². The van der Waals surface area contributed by atoms with Crippen molar-refractivity contribution in [2.45, 2.75) is 0 Å². The Hall–Kier alpha value is -1.60. The van der Waals surface area contributed by atoms with Gasteiger partial charge in [-0.3, -0.25) is 9.63 Å². The third-order valence-electron chi connectivity index (χ3n) is 1.21. The molecule has 12 heavy (non-hydrogen) atoms. The molecule has 0 fully saturated rings. The van der Waals surface area contributed by atoms with Crippen LogP contribution < -0.4 is 4.84 Å². The van der Waals surface area contributed by atoms with Gasteiger partial charge in [0.2, 0.25) is 0 Å². The summed E-state index contributed by atoms with van der Waals surface area (Å²) in [6, 6.07) is 4.81. The molecule has 0 atom stereocenters. The SMILES string of the molecule is N#Cc1ccc(C(=O)NCl)nc1. The number of carbonyl (C=O) groups is 1. The first-order chi connectivity index (χ1) is 5.77. The van der Waals surface area contributed by atoms with Gasteiger partial charge in [0.15, 0.2) is 0 Å². The number of amides is 1. The average molecular weight is 182 g/mol. The van der Waals surface area contributed by atoms with Gasteiger partial charge in [0.05, 0.1) is 5.56 Å². The summed E-state index contributed by atoms with van der Waals surface area (Å²) in [5.74, 6) is -0.485. The number of rotatable bonds is 1. The van der Waals surface area contributed by atoms with E-state index in [0.717, 1.165) is 0 Å². The Morgan fingerprint density at radius 3 is 2.83 bits per heavy atom. The molecular weight excluding hydrogens is 178 g/mol. The smallest absolute Gasteiger partial charge is 0.266 e. The number of hydrogen-bond acceptors (Lipinski definition) is 3. The topological polar surface area (TPSA) is 65.8 Å². The van der Waals surface area contributed by atoms with E-state index in [1.807, 2.05) is 10.9 Å². The molecule has 5 heteroatoms. The van der Waals surface area contributed by atoms with E-state index in [4.69, 9.17) is 17.0 Å². The van der Waals surface area contributed by atoms with Crippen molar-refractivity contribution in [3.8, 4) is 6.07 Å². The summed E-state index contributed by atoms with van der Waals surface area (Å²) in [6.07, 6.45) is 1.31. The minimum Gasteiger partial charge on any atom is -0.266 e. The van der Waals surface area contributed by atoms with E-state index >= 15 is 0 Å². The molecule has 1 aromatic rings. The van der Waals surface area contributed by atoms with Crippen LogP contribution in [-0.2, 0) is 0 Å².